The average molecular weight is 329 g/mol. The highest BCUT2D eigenvalue weighted by molar-refractivity contribution is 6.30. The fraction of sp³-hybridized carbons (Fsp3) is 0.167. The number of aliphatic hydroxyl groups is 1. The number of H-pyrrole nitrogens is 1. The van der Waals surface area contributed by atoms with Crippen molar-refractivity contribution in [2.75, 3.05) is 0 Å². The summed E-state index contributed by atoms with van der Waals surface area (Å²) in [5.41, 5.74) is 2.26. The van der Waals surface area contributed by atoms with Crippen LogP contribution in [0.15, 0.2) is 54.7 Å². The molecule has 0 aliphatic rings. The van der Waals surface area contributed by atoms with Crippen LogP contribution in [0.5, 0.6) is 0 Å². The molecule has 0 saturated carbocycles. The molecular weight excluding hydrogens is 312 g/mol. The number of hydrogen-bond acceptors (Lipinski definition) is 2. The Bertz CT molecular complexity index is 826. The van der Waals surface area contributed by atoms with Gasteiger partial charge in [-0.15, -0.1) is 0 Å². The molecular formula is C18H17ClN2O2. The van der Waals surface area contributed by atoms with Crippen LogP contribution in [0, 0.1) is 0 Å². The molecule has 118 valence electrons. The van der Waals surface area contributed by atoms with Gasteiger partial charge in [0.1, 0.15) is 0 Å². The van der Waals surface area contributed by atoms with Crippen molar-refractivity contribution in [1.29, 1.82) is 0 Å². The molecule has 3 aromatic rings. The predicted molar refractivity (Wildman–Crippen MR) is 91.6 cm³/mol. The molecule has 0 spiro atoms. The van der Waals surface area contributed by atoms with E-state index in [1.54, 1.807) is 37.3 Å². The maximum Gasteiger partial charge on any atom is 0.251 e. The normalized spacial score (nSPS) is 13.7. The Morgan fingerprint density at radius 2 is 1.91 bits per heavy atom. The van der Waals surface area contributed by atoms with Crippen LogP contribution in [-0.4, -0.2) is 22.0 Å². The molecule has 0 aliphatic heterocycles. The van der Waals surface area contributed by atoms with Gasteiger partial charge in [0.25, 0.3) is 5.91 Å². The number of amides is 1. The number of carbonyl (C=O) groups is 1. The summed E-state index contributed by atoms with van der Waals surface area (Å²) in [5, 5.41) is 14.8. The first kappa shape index (κ1) is 15.6. The zero-order valence-corrected chi connectivity index (χ0v) is 13.3. The molecule has 23 heavy (non-hydrogen) atoms. The van der Waals surface area contributed by atoms with Crippen LogP contribution in [0.4, 0.5) is 0 Å². The van der Waals surface area contributed by atoms with Gasteiger partial charge in [0, 0.05) is 27.7 Å². The maximum atomic E-state index is 12.4. The Morgan fingerprint density at radius 3 is 2.65 bits per heavy atom. The van der Waals surface area contributed by atoms with Crippen molar-refractivity contribution in [3.05, 3.63) is 70.9 Å². The molecule has 0 saturated heterocycles. The van der Waals surface area contributed by atoms with E-state index in [4.69, 9.17) is 11.6 Å². The minimum absolute atomic E-state index is 0.214. The quantitative estimate of drug-likeness (QED) is 0.684. The monoisotopic (exact) mass is 328 g/mol. The number of nitrogens with one attached hydrogen (secondary N) is 2. The summed E-state index contributed by atoms with van der Waals surface area (Å²) in [6.07, 6.45) is 1.03. The van der Waals surface area contributed by atoms with Crippen molar-refractivity contribution in [3.8, 4) is 0 Å². The molecule has 4 nitrogen and oxygen atoms in total. The minimum Gasteiger partial charge on any atom is -0.386 e. The third-order valence-electron chi connectivity index (χ3n) is 3.86. The molecule has 0 aliphatic carbocycles. The fourth-order valence-corrected chi connectivity index (χ4v) is 2.64. The van der Waals surface area contributed by atoms with Crippen LogP contribution in [0.3, 0.4) is 0 Å². The number of aliphatic hydroxyl groups excluding tert-OH is 1. The molecule has 5 heteroatoms. The van der Waals surface area contributed by atoms with E-state index in [-0.39, 0.29) is 5.91 Å². The molecule has 2 unspecified atom stereocenters. The van der Waals surface area contributed by atoms with Gasteiger partial charge in [-0.1, -0.05) is 23.7 Å². The Hall–Kier alpha value is -2.30. The summed E-state index contributed by atoms with van der Waals surface area (Å²) in [4.78, 5) is 15.4. The molecule has 0 fully saturated rings. The summed E-state index contributed by atoms with van der Waals surface area (Å²) in [6.45, 7) is 1.77. The second kappa shape index (κ2) is 6.44. The summed E-state index contributed by atoms with van der Waals surface area (Å²) in [6, 6.07) is 13.9. The van der Waals surface area contributed by atoms with E-state index >= 15 is 0 Å². The zero-order valence-electron chi connectivity index (χ0n) is 12.6. The highest BCUT2D eigenvalue weighted by atomic mass is 35.5. The van der Waals surface area contributed by atoms with Crippen molar-refractivity contribution in [1.82, 2.24) is 10.3 Å². The van der Waals surface area contributed by atoms with Crippen molar-refractivity contribution in [2.45, 2.75) is 19.1 Å². The van der Waals surface area contributed by atoms with E-state index in [1.807, 2.05) is 24.4 Å². The van der Waals surface area contributed by atoms with Crippen molar-refractivity contribution >= 4 is 28.4 Å². The van der Waals surface area contributed by atoms with Crippen LogP contribution >= 0.6 is 11.6 Å². The Kier molecular flexibility index (Phi) is 4.37. The van der Waals surface area contributed by atoms with Gasteiger partial charge in [-0.3, -0.25) is 4.79 Å². The highest BCUT2D eigenvalue weighted by Gasteiger charge is 2.19. The first-order chi connectivity index (χ1) is 11.0. The number of aromatic nitrogens is 1. The third-order valence-corrected chi connectivity index (χ3v) is 4.11. The lowest BCUT2D eigenvalue weighted by molar-refractivity contribution is 0.0852. The molecule has 2 atom stereocenters. The van der Waals surface area contributed by atoms with Crippen molar-refractivity contribution in [3.63, 3.8) is 0 Å². The molecule has 0 radical (unpaired) electrons. The summed E-state index contributed by atoms with van der Waals surface area (Å²) in [7, 11) is 0. The lowest BCUT2D eigenvalue weighted by Crippen LogP contribution is -2.37. The number of rotatable bonds is 4. The van der Waals surface area contributed by atoms with Crippen LogP contribution in [0.1, 0.15) is 28.9 Å². The first-order valence-corrected chi connectivity index (χ1v) is 7.74. The Morgan fingerprint density at radius 1 is 1.17 bits per heavy atom. The molecule has 1 heterocycles. The molecule has 1 aromatic heterocycles. The highest BCUT2D eigenvalue weighted by Crippen LogP contribution is 2.20. The number of fused-ring (bicyclic) bond motifs is 1. The van der Waals surface area contributed by atoms with Gasteiger partial charge < -0.3 is 15.4 Å². The van der Waals surface area contributed by atoms with E-state index in [2.05, 4.69) is 10.3 Å². The van der Waals surface area contributed by atoms with Gasteiger partial charge >= 0.3 is 0 Å². The first-order valence-electron chi connectivity index (χ1n) is 7.36. The van der Waals surface area contributed by atoms with Crippen molar-refractivity contribution in [2.24, 2.45) is 0 Å². The Labute approximate surface area is 139 Å². The van der Waals surface area contributed by atoms with Crippen LogP contribution in [-0.2, 0) is 0 Å². The molecule has 3 N–H and O–H groups in total. The lowest BCUT2D eigenvalue weighted by atomic mass is 10.0. The molecule has 2 aromatic carbocycles. The lowest BCUT2D eigenvalue weighted by Gasteiger charge is -2.20. The predicted octanol–water partition coefficient (Wildman–Crippen LogP) is 3.67. The van der Waals surface area contributed by atoms with Gasteiger partial charge in [-0.2, -0.15) is 0 Å². The van der Waals surface area contributed by atoms with Crippen LogP contribution < -0.4 is 5.32 Å². The maximum absolute atomic E-state index is 12.4. The third kappa shape index (κ3) is 3.38. The largest absolute Gasteiger partial charge is 0.386 e. The van der Waals surface area contributed by atoms with Gasteiger partial charge in [-0.25, -0.2) is 0 Å². The van der Waals surface area contributed by atoms with E-state index in [0.717, 1.165) is 10.9 Å². The summed E-state index contributed by atoms with van der Waals surface area (Å²) in [5.74, 6) is -0.214. The van der Waals surface area contributed by atoms with Gasteiger partial charge in [-0.05, 0) is 48.9 Å². The fourth-order valence-electron chi connectivity index (χ4n) is 2.51. The van der Waals surface area contributed by atoms with Crippen LogP contribution in [0.25, 0.3) is 10.9 Å². The molecule has 1 amide bonds. The second-order valence-corrected chi connectivity index (χ2v) is 5.97. The Balaban J connectivity index is 1.72. The van der Waals surface area contributed by atoms with Gasteiger partial charge in [0.15, 0.2) is 0 Å². The number of aromatic amines is 1. The topological polar surface area (TPSA) is 65.1 Å². The van der Waals surface area contributed by atoms with Gasteiger partial charge in [0.2, 0.25) is 0 Å². The number of carbonyl (C=O) groups excluding carboxylic acids is 1. The number of hydrogen-bond donors (Lipinski definition) is 3. The molecule has 0 bridgehead atoms. The summed E-state index contributed by atoms with van der Waals surface area (Å²) < 4.78 is 0. The molecule has 3 rings (SSSR count). The minimum atomic E-state index is -0.799. The number of benzene rings is 2. The zero-order chi connectivity index (χ0) is 16.4. The van der Waals surface area contributed by atoms with Gasteiger partial charge in [0.05, 0.1) is 12.1 Å². The average Bonchev–Trinajstić information content (AvgIpc) is 3.02. The SMILES string of the molecule is CC(NC(=O)c1ccc2[nH]ccc2c1)C(O)c1ccc(Cl)cc1. The van der Waals surface area contributed by atoms with E-state index in [0.29, 0.717) is 16.1 Å². The van der Waals surface area contributed by atoms with Crippen LogP contribution in [0.2, 0.25) is 5.02 Å². The number of halogens is 1. The standard InChI is InChI=1S/C18H17ClN2O2/c1-11(17(22)12-2-5-15(19)6-3-12)21-18(23)14-4-7-16-13(10-14)8-9-20-16/h2-11,17,20,22H,1H3,(H,21,23). The van der Waals surface area contributed by atoms with Crippen molar-refractivity contribution < 1.29 is 9.90 Å². The van der Waals surface area contributed by atoms with E-state index < -0.39 is 12.1 Å². The summed E-state index contributed by atoms with van der Waals surface area (Å²) >= 11 is 5.84. The second-order valence-electron chi connectivity index (χ2n) is 5.54. The van der Waals surface area contributed by atoms with E-state index in [1.165, 1.54) is 0 Å². The van der Waals surface area contributed by atoms with E-state index in [9.17, 15) is 9.90 Å². The smallest absolute Gasteiger partial charge is 0.251 e.